The minimum Gasteiger partial charge on any atom is -0.312 e. The average molecular weight is 249 g/mol. The van der Waals surface area contributed by atoms with Crippen molar-refractivity contribution in [1.82, 2.24) is 5.06 Å². The third-order valence-corrected chi connectivity index (χ3v) is 3.38. The minimum absolute atomic E-state index is 0.231. The maximum Gasteiger partial charge on any atom is 0.121 e. The van der Waals surface area contributed by atoms with Gasteiger partial charge in [0.05, 0.1) is 0 Å². The van der Waals surface area contributed by atoms with Crippen LogP contribution in [0.25, 0.3) is 0 Å². The summed E-state index contributed by atoms with van der Waals surface area (Å²) in [5, 5.41) is 11.4. The highest BCUT2D eigenvalue weighted by Gasteiger charge is 2.23. The largest absolute Gasteiger partial charge is 0.312 e. The fourth-order valence-electron chi connectivity index (χ4n) is 2.38. The van der Waals surface area contributed by atoms with Crippen LogP contribution in [0.5, 0.6) is 0 Å². The Morgan fingerprint density at radius 2 is 1.74 bits per heavy atom. The topological polar surface area (TPSA) is 23.5 Å². The zero-order valence-electron chi connectivity index (χ0n) is 10.6. The number of benzene rings is 2. The van der Waals surface area contributed by atoms with Gasteiger partial charge in [0.15, 0.2) is 0 Å². The molecule has 1 unspecified atom stereocenters. The number of hydrogen-bond acceptors (Lipinski definition) is 2. The van der Waals surface area contributed by atoms with Gasteiger partial charge in [0, 0.05) is 12.1 Å². The van der Waals surface area contributed by atoms with Crippen molar-refractivity contribution >= 4 is 0 Å². The minimum atomic E-state index is -0.231. The van der Waals surface area contributed by atoms with Gasteiger partial charge in [0.25, 0.3) is 0 Å². The molecule has 0 radical (unpaired) electrons. The molecule has 2 aromatic rings. The lowest BCUT2D eigenvalue weighted by molar-refractivity contribution is -0.116. The smallest absolute Gasteiger partial charge is 0.121 e. The van der Waals surface area contributed by atoms with Crippen LogP contribution in [-0.4, -0.2) is 16.8 Å². The number of rotatable bonds is 0. The van der Waals surface area contributed by atoms with E-state index < -0.39 is 0 Å². The van der Waals surface area contributed by atoms with Crippen LogP contribution in [0.15, 0.2) is 54.6 Å². The first-order valence-corrected chi connectivity index (χ1v) is 6.44. The molecule has 0 aromatic heterocycles. The van der Waals surface area contributed by atoms with E-state index in [9.17, 15) is 5.21 Å². The summed E-state index contributed by atoms with van der Waals surface area (Å²) in [4.78, 5) is 0. The summed E-state index contributed by atoms with van der Waals surface area (Å²) in [6, 6.07) is 17.8. The predicted molar refractivity (Wildman–Crippen MR) is 74.7 cm³/mol. The quantitative estimate of drug-likeness (QED) is 0.725. The number of hydrogen-bond donors (Lipinski definition) is 1. The maximum absolute atomic E-state index is 10.0. The van der Waals surface area contributed by atoms with Crippen LogP contribution in [0.1, 0.15) is 22.7 Å². The van der Waals surface area contributed by atoms with Crippen LogP contribution < -0.4 is 0 Å². The van der Waals surface area contributed by atoms with Crippen LogP contribution in [-0.2, 0) is 6.42 Å². The van der Waals surface area contributed by atoms with Crippen LogP contribution in [0, 0.1) is 11.8 Å². The molecule has 0 amide bonds. The van der Waals surface area contributed by atoms with Crippen molar-refractivity contribution in [1.29, 1.82) is 0 Å². The highest BCUT2D eigenvalue weighted by atomic mass is 16.5. The molecule has 19 heavy (non-hydrogen) atoms. The van der Waals surface area contributed by atoms with Gasteiger partial charge in [0.1, 0.15) is 6.04 Å². The van der Waals surface area contributed by atoms with E-state index in [2.05, 4.69) is 17.9 Å². The molecule has 0 bridgehead atoms. The first-order valence-electron chi connectivity index (χ1n) is 6.44. The highest BCUT2D eigenvalue weighted by molar-refractivity contribution is 5.41. The van der Waals surface area contributed by atoms with Crippen molar-refractivity contribution in [3.8, 4) is 11.8 Å². The summed E-state index contributed by atoms with van der Waals surface area (Å²) in [5.41, 5.74) is 3.36. The normalized spacial score (nSPS) is 18.3. The van der Waals surface area contributed by atoms with E-state index in [1.807, 2.05) is 48.5 Å². The maximum atomic E-state index is 10.0. The molecule has 0 spiro atoms. The molecule has 0 aliphatic carbocycles. The van der Waals surface area contributed by atoms with E-state index in [4.69, 9.17) is 0 Å². The number of hydroxylamine groups is 2. The molecule has 3 rings (SSSR count). The molecule has 1 N–H and O–H groups in total. The molecule has 2 aromatic carbocycles. The van der Waals surface area contributed by atoms with Crippen molar-refractivity contribution in [2.24, 2.45) is 0 Å². The molecule has 2 nitrogen and oxygen atoms in total. The van der Waals surface area contributed by atoms with Crippen LogP contribution in [0.4, 0.5) is 0 Å². The second-order valence-corrected chi connectivity index (χ2v) is 4.65. The highest BCUT2D eigenvalue weighted by Crippen LogP contribution is 2.27. The molecular formula is C17H15NO. The van der Waals surface area contributed by atoms with Gasteiger partial charge in [-0.15, -0.1) is 0 Å². The molecule has 2 heteroatoms. The Hall–Kier alpha value is -2.08. The monoisotopic (exact) mass is 249 g/mol. The summed E-state index contributed by atoms with van der Waals surface area (Å²) < 4.78 is 0. The Balaban J connectivity index is 1.95. The molecule has 1 heterocycles. The molecule has 0 fully saturated rings. The van der Waals surface area contributed by atoms with Gasteiger partial charge in [-0.05, 0) is 29.7 Å². The lowest BCUT2D eigenvalue weighted by atomic mass is 9.94. The van der Waals surface area contributed by atoms with Gasteiger partial charge in [-0.25, -0.2) is 0 Å². The van der Waals surface area contributed by atoms with Crippen molar-refractivity contribution in [2.75, 3.05) is 6.54 Å². The molecule has 94 valence electrons. The van der Waals surface area contributed by atoms with Crippen molar-refractivity contribution < 1.29 is 5.21 Å². The van der Waals surface area contributed by atoms with Crippen LogP contribution in [0.2, 0.25) is 0 Å². The van der Waals surface area contributed by atoms with E-state index >= 15 is 0 Å². The van der Waals surface area contributed by atoms with E-state index in [0.717, 1.165) is 17.5 Å². The molecule has 0 saturated carbocycles. The first kappa shape index (κ1) is 12.0. The van der Waals surface area contributed by atoms with Gasteiger partial charge >= 0.3 is 0 Å². The Labute approximate surface area is 113 Å². The summed E-state index contributed by atoms with van der Waals surface area (Å²) in [5.74, 6) is 6.30. The van der Waals surface area contributed by atoms with E-state index in [1.165, 1.54) is 10.6 Å². The second kappa shape index (κ2) is 5.27. The van der Waals surface area contributed by atoms with Crippen LogP contribution >= 0.6 is 0 Å². The van der Waals surface area contributed by atoms with Gasteiger partial charge in [-0.3, -0.25) is 0 Å². The fraction of sp³-hybridized carbons (Fsp3) is 0.176. The number of nitrogens with zero attached hydrogens (tertiary/aromatic N) is 1. The van der Waals surface area contributed by atoms with Crippen molar-refractivity contribution in [3.63, 3.8) is 0 Å². The second-order valence-electron chi connectivity index (χ2n) is 4.65. The summed E-state index contributed by atoms with van der Waals surface area (Å²) in [6.07, 6.45) is 0.871. The van der Waals surface area contributed by atoms with Gasteiger partial charge in [-0.1, -0.05) is 54.3 Å². The molecule has 1 aliphatic heterocycles. The summed E-state index contributed by atoms with van der Waals surface area (Å²) in [6.45, 7) is 0.630. The van der Waals surface area contributed by atoms with Crippen molar-refractivity contribution in [2.45, 2.75) is 12.5 Å². The van der Waals surface area contributed by atoms with Gasteiger partial charge < -0.3 is 5.21 Å². The summed E-state index contributed by atoms with van der Waals surface area (Å²) >= 11 is 0. The third kappa shape index (κ3) is 2.53. The van der Waals surface area contributed by atoms with Gasteiger partial charge in [0.2, 0.25) is 0 Å². The molecule has 1 atom stereocenters. The van der Waals surface area contributed by atoms with E-state index in [1.54, 1.807) is 0 Å². The molecular weight excluding hydrogens is 234 g/mol. The average Bonchev–Trinajstić information content (AvgIpc) is 2.47. The van der Waals surface area contributed by atoms with Crippen molar-refractivity contribution in [3.05, 3.63) is 71.3 Å². The number of fused-ring (bicyclic) bond motifs is 1. The standard InChI is InChI=1S/C17H15NO/c19-18-13-12-15-8-4-5-9-16(15)17(18)11-10-14-6-2-1-3-7-14/h1-9,17,19H,12-13H2. The SMILES string of the molecule is ON1CCc2ccccc2C1C#Cc1ccccc1. The van der Waals surface area contributed by atoms with E-state index in [0.29, 0.717) is 6.54 Å². The Morgan fingerprint density at radius 1 is 1.00 bits per heavy atom. The van der Waals surface area contributed by atoms with E-state index in [-0.39, 0.29) is 6.04 Å². The lowest BCUT2D eigenvalue weighted by Gasteiger charge is -2.29. The third-order valence-electron chi connectivity index (χ3n) is 3.38. The molecule has 0 saturated heterocycles. The zero-order valence-corrected chi connectivity index (χ0v) is 10.6. The zero-order chi connectivity index (χ0) is 13.1. The first-order chi connectivity index (χ1) is 9.34. The molecule has 1 aliphatic rings. The van der Waals surface area contributed by atoms with Crippen LogP contribution in [0.3, 0.4) is 0 Å². The Kier molecular flexibility index (Phi) is 3.33. The summed E-state index contributed by atoms with van der Waals surface area (Å²) in [7, 11) is 0. The predicted octanol–water partition coefficient (Wildman–Crippen LogP) is 3.03. The fourth-order valence-corrected chi connectivity index (χ4v) is 2.38. The Morgan fingerprint density at radius 3 is 2.58 bits per heavy atom. The lowest BCUT2D eigenvalue weighted by Crippen LogP contribution is -2.31. The Bertz CT molecular complexity index is 624. The van der Waals surface area contributed by atoms with Gasteiger partial charge in [-0.2, -0.15) is 5.06 Å².